The molecule has 3 N–H and O–H groups in total. The summed E-state index contributed by atoms with van der Waals surface area (Å²) < 4.78 is 31.7. The summed E-state index contributed by atoms with van der Waals surface area (Å²) in [5.74, 6) is 5.84. The smallest absolute Gasteiger partial charge is 0.289 e. The van der Waals surface area contributed by atoms with E-state index in [4.69, 9.17) is 10.4 Å². The van der Waals surface area contributed by atoms with Gasteiger partial charge in [0.15, 0.2) is 5.78 Å². The fourth-order valence-corrected chi connectivity index (χ4v) is 4.01. The van der Waals surface area contributed by atoms with Crippen molar-refractivity contribution in [1.29, 1.82) is 0 Å². The molecule has 33 heavy (non-hydrogen) atoms. The first-order valence-electron chi connectivity index (χ1n) is 9.56. The lowest BCUT2D eigenvalue weighted by Crippen LogP contribution is -2.31. The highest BCUT2D eigenvalue weighted by atomic mass is 32.2. The van der Waals surface area contributed by atoms with Gasteiger partial charge in [0, 0.05) is 23.8 Å². The van der Waals surface area contributed by atoms with Crippen LogP contribution in [0.15, 0.2) is 92.7 Å². The summed E-state index contributed by atoms with van der Waals surface area (Å²) in [4.78, 5) is 23.6. The summed E-state index contributed by atoms with van der Waals surface area (Å²) in [6.07, 6.45) is 2.94. The Morgan fingerprint density at radius 1 is 1.06 bits per heavy atom. The molecular weight excluding hydrogens is 450 g/mol. The van der Waals surface area contributed by atoms with Gasteiger partial charge in [0.1, 0.15) is 0 Å². The molecule has 11 nitrogen and oxygen atoms in total. The number of benzene rings is 2. The Labute approximate surface area is 188 Å². The molecule has 1 aliphatic heterocycles. The Hall–Kier alpha value is -4.00. The molecule has 0 amide bonds. The Morgan fingerprint density at radius 2 is 1.73 bits per heavy atom. The van der Waals surface area contributed by atoms with E-state index in [1.54, 1.807) is 12.1 Å². The van der Waals surface area contributed by atoms with Gasteiger partial charge in [0.25, 0.3) is 15.8 Å². The van der Waals surface area contributed by atoms with Gasteiger partial charge in [-0.15, -0.1) is 0 Å². The molecule has 0 atom stereocenters. The van der Waals surface area contributed by atoms with E-state index in [9.17, 15) is 23.3 Å². The molecule has 2 aromatic rings. The summed E-state index contributed by atoms with van der Waals surface area (Å²) in [6.45, 7) is 0.500. The molecule has 168 valence electrons. The number of nitro groups is 1. The van der Waals surface area contributed by atoms with Crippen molar-refractivity contribution in [2.24, 2.45) is 16.1 Å². The van der Waals surface area contributed by atoms with Gasteiger partial charge >= 0.3 is 0 Å². The van der Waals surface area contributed by atoms with Gasteiger partial charge < -0.3 is 0 Å². The maximum atomic E-state index is 13.1. The van der Waals surface area contributed by atoms with Crippen molar-refractivity contribution in [1.82, 2.24) is 0 Å². The quantitative estimate of drug-likeness (QED) is 0.222. The number of carbonyl (C=O) groups excluding carboxylic acids is 1. The fourth-order valence-electron chi connectivity index (χ4n) is 3.53. The number of azo groups is 1. The molecule has 0 bridgehead atoms. The normalized spacial score (nSPS) is 16.0. The highest BCUT2D eigenvalue weighted by molar-refractivity contribution is 7.85. The molecule has 4 rings (SSSR count). The molecule has 0 spiro atoms. The molecule has 2 aliphatic rings. The van der Waals surface area contributed by atoms with E-state index >= 15 is 0 Å². The number of ketones is 1. The summed E-state index contributed by atoms with van der Waals surface area (Å²) in [6, 6.07) is 11.0. The highest BCUT2D eigenvalue weighted by Gasteiger charge is 2.27. The summed E-state index contributed by atoms with van der Waals surface area (Å²) in [5, 5.41) is 20.3. The molecule has 0 saturated carbocycles. The van der Waals surface area contributed by atoms with Crippen molar-refractivity contribution in [2.45, 2.75) is 4.90 Å². The van der Waals surface area contributed by atoms with Crippen molar-refractivity contribution in [2.75, 3.05) is 18.1 Å². The molecule has 0 unspecified atom stereocenters. The van der Waals surface area contributed by atoms with Gasteiger partial charge in [0.05, 0.1) is 34.3 Å². The minimum Gasteiger partial charge on any atom is -0.289 e. The van der Waals surface area contributed by atoms with Crippen LogP contribution in [0.2, 0.25) is 0 Å². The first kappa shape index (κ1) is 22.2. The number of nitro benzene ring substituents is 1. The van der Waals surface area contributed by atoms with E-state index in [1.807, 2.05) is 0 Å². The van der Waals surface area contributed by atoms with Crippen molar-refractivity contribution >= 4 is 32.8 Å². The van der Waals surface area contributed by atoms with Crippen LogP contribution in [0.5, 0.6) is 0 Å². The second-order valence-corrected chi connectivity index (χ2v) is 8.64. The maximum Gasteiger partial charge on any atom is 0.294 e. The largest absolute Gasteiger partial charge is 0.294 e. The standard InChI is InChI=1S/C21H17N5O6S/c22-25(15-4-6-18(7-5-15)33(30,31)32)17-9-19(13-2-1-3-16(8-13)26(28)29)21(20(27)10-17)14-11-23-24-12-14/h1-10H,11-12,22H2,(H,30,31,32). The Bertz CT molecular complexity index is 1380. The topological polar surface area (TPSA) is 169 Å². The number of allylic oxidation sites excluding steroid dienone is 4. The van der Waals surface area contributed by atoms with Crippen LogP contribution in [0, 0.1) is 10.1 Å². The third kappa shape index (κ3) is 4.48. The number of nitrogens with two attached hydrogens (primary N) is 1. The zero-order valence-electron chi connectivity index (χ0n) is 17.0. The number of hydrogen-bond acceptors (Lipinski definition) is 9. The van der Waals surface area contributed by atoms with Crippen molar-refractivity contribution < 1.29 is 22.7 Å². The van der Waals surface area contributed by atoms with Crippen LogP contribution in [-0.2, 0) is 14.9 Å². The second-order valence-electron chi connectivity index (χ2n) is 7.22. The van der Waals surface area contributed by atoms with Crippen LogP contribution < -0.4 is 10.9 Å². The SMILES string of the molecule is NN(C1=CC(=O)C(=C2CN=NC2)C(c2cccc([N+](=O)[O-])c2)=C1)c1ccc(S(=O)(=O)O)cc1. The molecule has 2 aromatic carbocycles. The van der Waals surface area contributed by atoms with Crippen molar-refractivity contribution in [3.8, 4) is 0 Å². The molecule has 1 aliphatic carbocycles. The number of hydrogen-bond donors (Lipinski definition) is 2. The van der Waals surface area contributed by atoms with E-state index in [-0.39, 0.29) is 35.2 Å². The van der Waals surface area contributed by atoms with Crippen LogP contribution in [-0.4, -0.2) is 36.8 Å². The van der Waals surface area contributed by atoms with E-state index < -0.39 is 15.0 Å². The Kier molecular flexibility index (Phi) is 5.72. The van der Waals surface area contributed by atoms with Crippen molar-refractivity contribution in [3.05, 3.63) is 93.2 Å². The first-order chi connectivity index (χ1) is 15.6. The number of hydrazine groups is 1. The third-order valence-corrected chi connectivity index (χ3v) is 5.99. The number of rotatable bonds is 5. The minimum absolute atomic E-state index is 0.132. The van der Waals surface area contributed by atoms with Gasteiger partial charge in [-0.25, -0.2) is 5.84 Å². The van der Waals surface area contributed by atoms with Gasteiger partial charge in [-0.1, -0.05) is 12.1 Å². The van der Waals surface area contributed by atoms with Gasteiger partial charge in [-0.3, -0.25) is 24.5 Å². The second kappa shape index (κ2) is 8.50. The number of nitrogens with zero attached hydrogens (tertiary/aromatic N) is 4. The lowest BCUT2D eigenvalue weighted by Gasteiger charge is -2.25. The van der Waals surface area contributed by atoms with Crippen molar-refractivity contribution in [3.63, 3.8) is 0 Å². The number of non-ortho nitro benzene ring substituents is 1. The van der Waals surface area contributed by atoms with E-state index in [0.29, 0.717) is 28.0 Å². The van der Waals surface area contributed by atoms with Gasteiger partial charge in [-0.05, 0) is 47.1 Å². The fraction of sp³-hybridized carbons (Fsp3) is 0.0952. The monoisotopic (exact) mass is 467 g/mol. The van der Waals surface area contributed by atoms with E-state index in [1.165, 1.54) is 53.5 Å². The third-order valence-electron chi connectivity index (χ3n) is 5.12. The molecule has 0 saturated heterocycles. The zero-order chi connectivity index (χ0) is 23.8. The predicted octanol–water partition coefficient (Wildman–Crippen LogP) is 2.83. The zero-order valence-corrected chi connectivity index (χ0v) is 17.8. The van der Waals surface area contributed by atoms with Gasteiger partial charge in [-0.2, -0.15) is 18.6 Å². The maximum absolute atomic E-state index is 13.1. The summed E-state index contributed by atoms with van der Waals surface area (Å²) in [7, 11) is -4.37. The average molecular weight is 467 g/mol. The van der Waals surface area contributed by atoms with Crippen LogP contribution in [0.4, 0.5) is 11.4 Å². The average Bonchev–Trinajstić information content (AvgIpc) is 3.32. The Morgan fingerprint density at radius 3 is 2.33 bits per heavy atom. The summed E-state index contributed by atoms with van der Waals surface area (Å²) >= 11 is 0. The molecular formula is C21H17N5O6S. The van der Waals surface area contributed by atoms with E-state index in [2.05, 4.69) is 10.2 Å². The highest BCUT2D eigenvalue weighted by Crippen LogP contribution is 2.35. The van der Waals surface area contributed by atoms with Crippen LogP contribution >= 0.6 is 0 Å². The molecule has 12 heteroatoms. The molecule has 1 heterocycles. The lowest BCUT2D eigenvalue weighted by atomic mass is 9.86. The summed E-state index contributed by atoms with van der Waals surface area (Å²) in [5.41, 5.74) is 2.43. The minimum atomic E-state index is -4.37. The van der Waals surface area contributed by atoms with Crippen LogP contribution in [0.3, 0.4) is 0 Å². The lowest BCUT2D eigenvalue weighted by molar-refractivity contribution is -0.384. The van der Waals surface area contributed by atoms with Gasteiger partial charge in [0.2, 0.25) is 0 Å². The number of anilines is 1. The van der Waals surface area contributed by atoms with Crippen LogP contribution in [0.1, 0.15) is 5.56 Å². The predicted molar refractivity (Wildman–Crippen MR) is 119 cm³/mol. The molecule has 0 aromatic heterocycles. The van der Waals surface area contributed by atoms with Crippen LogP contribution in [0.25, 0.3) is 5.57 Å². The Balaban J connectivity index is 1.79. The molecule has 0 fully saturated rings. The number of carbonyl (C=O) groups is 1. The molecule has 0 radical (unpaired) electrons. The first-order valence-corrected chi connectivity index (χ1v) is 11.0. The van der Waals surface area contributed by atoms with E-state index in [0.717, 1.165) is 0 Å².